The third-order valence-corrected chi connectivity index (χ3v) is 4.26. The van der Waals surface area contributed by atoms with E-state index in [1.165, 1.54) is 12.1 Å². The molecule has 2 N–H and O–H groups in total. The molecule has 0 bridgehead atoms. The summed E-state index contributed by atoms with van der Waals surface area (Å²) in [6, 6.07) is 12.3. The number of primary amides is 1. The van der Waals surface area contributed by atoms with Gasteiger partial charge in [0.2, 0.25) is 5.91 Å². The lowest BCUT2D eigenvalue weighted by molar-refractivity contribution is 0.0999. The summed E-state index contributed by atoms with van der Waals surface area (Å²) in [6.07, 6.45) is 2.03. The fourth-order valence-corrected chi connectivity index (χ4v) is 3.03. The molecule has 102 valence electrons. The van der Waals surface area contributed by atoms with Crippen LogP contribution in [-0.4, -0.2) is 5.91 Å². The number of hydrogen-bond acceptors (Lipinski definition) is 1. The highest BCUT2D eigenvalue weighted by molar-refractivity contribution is 5.94. The van der Waals surface area contributed by atoms with Crippen molar-refractivity contribution in [3.63, 3.8) is 0 Å². The molecule has 1 fully saturated rings. The molecule has 1 aliphatic rings. The quantitative estimate of drug-likeness (QED) is 0.912. The maximum Gasteiger partial charge on any atom is 0.248 e. The molecule has 2 nitrogen and oxygen atoms in total. The van der Waals surface area contributed by atoms with Crippen LogP contribution in [0.2, 0.25) is 0 Å². The number of carbonyl (C=O) groups excluding carboxylic acids is 1. The summed E-state index contributed by atoms with van der Waals surface area (Å²) in [7, 11) is 0. The van der Waals surface area contributed by atoms with Crippen molar-refractivity contribution in [1.29, 1.82) is 0 Å². The van der Waals surface area contributed by atoms with E-state index in [0.717, 1.165) is 29.5 Å². The molecule has 0 radical (unpaired) electrons. The summed E-state index contributed by atoms with van der Waals surface area (Å²) >= 11 is 0. The SMILES string of the molecule is Cc1c(C(N)=O)cccc1C1(c2ccc(F)cc2)CC1. The van der Waals surface area contributed by atoms with Gasteiger partial charge in [-0.15, -0.1) is 0 Å². The van der Waals surface area contributed by atoms with E-state index in [1.807, 2.05) is 31.2 Å². The molecular formula is C17H16FNO. The Morgan fingerprint density at radius 2 is 1.80 bits per heavy atom. The fraction of sp³-hybridized carbons (Fsp3) is 0.235. The summed E-state index contributed by atoms with van der Waals surface area (Å²) in [6.45, 7) is 1.93. The highest BCUT2D eigenvalue weighted by atomic mass is 19.1. The molecular weight excluding hydrogens is 253 g/mol. The number of rotatable bonds is 3. The fourth-order valence-electron chi connectivity index (χ4n) is 3.03. The van der Waals surface area contributed by atoms with E-state index in [9.17, 15) is 9.18 Å². The molecule has 0 unspecified atom stereocenters. The average Bonchev–Trinajstić information content (AvgIpc) is 3.21. The van der Waals surface area contributed by atoms with Gasteiger partial charge in [0.25, 0.3) is 0 Å². The van der Waals surface area contributed by atoms with E-state index in [-0.39, 0.29) is 11.2 Å². The minimum Gasteiger partial charge on any atom is -0.366 e. The van der Waals surface area contributed by atoms with Crippen LogP contribution in [0.5, 0.6) is 0 Å². The Labute approximate surface area is 117 Å². The second-order valence-electron chi connectivity index (χ2n) is 5.43. The number of halogens is 1. The van der Waals surface area contributed by atoms with Gasteiger partial charge in [0.15, 0.2) is 0 Å². The Kier molecular flexibility index (Phi) is 2.85. The van der Waals surface area contributed by atoms with Crippen LogP contribution in [-0.2, 0) is 5.41 Å². The summed E-state index contributed by atoms with van der Waals surface area (Å²) in [5.41, 5.74) is 9.06. The average molecular weight is 269 g/mol. The van der Waals surface area contributed by atoms with Crippen LogP contribution in [0.4, 0.5) is 4.39 Å². The molecule has 0 saturated heterocycles. The van der Waals surface area contributed by atoms with Gasteiger partial charge in [0.05, 0.1) is 0 Å². The van der Waals surface area contributed by atoms with Crippen molar-refractivity contribution in [3.8, 4) is 0 Å². The van der Waals surface area contributed by atoms with Crippen LogP contribution in [0.3, 0.4) is 0 Å². The highest BCUT2D eigenvalue weighted by Crippen LogP contribution is 2.54. The van der Waals surface area contributed by atoms with Crippen LogP contribution in [0.25, 0.3) is 0 Å². The first kappa shape index (κ1) is 12.9. The molecule has 2 aromatic rings. The van der Waals surface area contributed by atoms with Gasteiger partial charge < -0.3 is 5.73 Å². The Hall–Kier alpha value is -2.16. The first-order valence-corrected chi connectivity index (χ1v) is 6.70. The number of amides is 1. The minimum absolute atomic E-state index is 0.0801. The van der Waals surface area contributed by atoms with Crippen molar-refractivity contribution in [2.24, 2.45) is 5.73 Å². The molecule has 0 aromatic heterocycles. The Morgan fingerprint density at radius 1 is 1.15 bits per heavy atom. The van der Waals surface area contributed by atoms with Crippen LogP contribution >= 0.6 is 0 Å². The molecule has 0 heterocycles. The zero-order chi connectivity index (χ0) is 14.3. The Bertz CT molecular complexity index is 672. The molecule has 1 saturated carbocycles. The minimum atomic E-state index is -0.403. The molecule has 2 aromatic carbocycles. The maximum absolute atomic E-state index is 13.1. The lowest BCUT2D eigenvalue weighted by Crippen LogP contribution is -2.17. The Balaban J connectivity index is 2.11. The molecule has 0 aliphatic heterocycles. The van der Waals surface area contributed by atoms with E-state index in [2.05, 4.69) is 0 Å². The molecule has 3 heteroatoms. The molecule has 3 rings (SSSR count). The van der Waals surface area contributed by atoms with Gasteiger partial charge in [-0.1, -0.05) is 24.3 Å². The van der Waals surface area contributed by atoms with Gasteiger partial charge in [-0.2, -0.15) is 0 Å². The predicted molar refractivity (Wildman–Crippen MR) is 76.1 cm³/mol. The van der Waals surface area contributed by atoms with E-state index in [1.54, 1.807) is 6.07 Å². The molecule has 1 aliphatic carbocycles. The van der Waals surface area contributed by atoms with E-state index >= 15 is 0 Å². The van der Waals surface area contributed by atoms with Gasteiger partial charge in [0, 0.05) is 11.0 Å². The second kappa shape index (κ2) is 4.44. The van der Waals surface area contributed by atoms with Crippen molar-refractivity contribution in [2.45, 2.75) is 25.2 Å². The smallest absolute Gasteiger partial charge is 0.248 e. The van der Waals surface area contributed by atoms with Crippen LogP contribution < -0.4 is 5.73 Å². The van der Waals surface area contributed by atoms with Gasteiger partial charge in [-0.3, -0.25) is 4.79 Å². The van der Waals surface area contributed by atoms with E-state index in [4.69, 9.17) is 5.73 Å². The van der Waals surface area contributed by atoms with Crippen LogP contribution in [0, 0.1) is 12.7 Å². The first-order chi connectivity index (χ1) is 9.54. The van der Waals surface area contributed by atoms with Crippen molar-refractivity contribution in [2.75, 3.05) is 0 Å². The van der Waals surface area contributed by atoms with Crippen molar-refractivity contribution in [3.05, 3.63) is 70.5 Å². The third-order valence-electron chi connectivity index (χ3n) is 4.26. The largest absolute Gasteiger partial charge is 0.366 e. The normalized spacial score (nSPS) is 15.9. The molecule has 0 atom stereocenters. The van der Waals surface area contributed by atoms with Gasteiger partial charge in [0.1, 0.15) is 5.82 Å². The van der Waals surface area contributed by atoms with Crippen molar-refractivity contribution in [1.82, 2.24) is 0 Å². The lowest BCUT2D eigenvalue weighted by atomic mass is 9.84. The van der Waals surface area contributed by atoms with Gasteiger partial charge in [-0.25, -0.2) is 4.39 Å². The Morgan fingerprint density at radius 3 is 2.35 bits per heavy atom. The lowest BCUT2D eigenvalue weighted by Gasteiger charge is -2.20. The zero-order valence-electron chi connectivity index (χ0n) is 11.3. The van der Waals surface area contributed by atoms with Crippen LogP contribution in [0.1, 0.15) is 39.9 Å². The molecule has 0 spiro atoms. The summed E-state index contributed by atoms with van der Waals surface area (Å²) in [4.78, 5) is 11.5. The molecule has 1 amide bonds. The topological polar surface area (TPSA) is 43.1 Å². The van der Waals surface area contributed by atoms with Gasteiger partial charge in [-0.05, 0) is 54.7 Å². The van der Waals surface area contributed by atoms with Crippen LogP contribution in [0.15, 0.2) is 42.5 Å². The standard InChI is InChI=1S/C17H16FNO/c1-11-14(16(19)20)3-2-4-15(11)17(9-10-17)12-5-7-13(18)8-6-12/h2-8H,9-10H2,1H3,(H2,19,20). The van der Waals surface area contributed by atoms with E-state index < -0.39 is 5.91 Å². The summed E-state index contributed by atoms with van der Waals surface area (Å²) in [5.74, 6) is -0.633. The van der Waals surface area contributed by atoms with Crippen molar-refractivity contribution < 1.29 is 9.18 Å². The third kappa shape index (κ3) is 1.90. The summed E-state index contributed by atoms with van der Waals surface area (Å²) < 4.78 is 13.1. The van der Waals surface area contributed by atoms with E-state index in [0.29, 0.717) is 5.56 Å². The highest BCUT2D eigenvalue weighted by Gasteiger charge is 2.46. The number of hydrogen-bond donors (Lipinski definition) is 1. The number of benzene rings is 2. The predicted octanol–water partition coefficient (Wildman–Crippen LogP) is 3.31. The maximum atomic E-state index is 13.1. The summed E-state index contributed by atoms with van der Waals surface area (Å²) in [5, 5.41) is 0. The monoisotopic (exact) mass is 269 g/mol. The van der Waals surface area contributed by atoms with Gasteiger partial charge >= 0.3 is 0 Å². The number of carbonyl (C=O) groups is 1. The van der Waals surface area contributed by atoms with Crippen molar-refractivity contribution >= 4 is 5.91 Å². The second-order valence-corrected chi connectivity index (χ2v) is 5.43. The first-order valence-electron chi connectivity index (χ1n) is 6.70. The number of nitrogens with two attached hydrogens (primary N) is 1. The zero-order valence-corrected chi connectivity index (χ0v) is 11.3. The molecule has 20 heavy (non-hydrogen) atoms.